The number of hydrogen-bond donors (Lipinski definition) is 2. The smallest absolute Gasteiger partial charge is 0.317 e. The van der Waals surface area contributed by atoms with E-state index in [0.717, 1.165) is 4.88 Å². The highest BCUT2D eigenvalue weighted by Gasteiger charge is 2.13. The molecule has 0 aliphatic heterocycles. The van der Waals surface area contributed by atoms with Gasteiger partial charge in [-0.2, -0.15) is 0 Å². The molecule has 0 unspecified atom stereocenters. The number of carbonyl (C=O) groups is 2. The van der Waals surface area contributed by atoms with E-state index in [0.29, 0.717) is 13.1 Å². The fourth-order valence-electron chi connectivity index (χ4n) is 1.65. The standard InChI is InChI=1S/C13H20N2O3S/c1-4-15(6-5-12(16)17)13(18)14-8-11-7-9(2)10(3)19-11/h7H,4-6,8H2,1-3H3,(H,14,18)(H,16,17). The lowest BCUT2D eigenvalue weighted by Crippen LogP contribution is -2.40. The predicted octanol–water partition coefficient (Wildman–Crippen LogP) is 2.37. The molecule has 1 aromatic rings. The van der Waals surface area contributed by atoms with E-state index in [2.05, 4.69) is 18.3 Å². The zero-order chi connectivity index (χ0) is 14.4. The minimum absolute atomic E-state index is 0.0293. The van der Waals surface area contributed by atoms with Gasteiger partial charge in [-0.25, -0.2) is 4.79 Å². The maximum absolute atomic E-state index is 11.9. The average molecular weight is 284 g/mol. The highest BCUT2D eigenvalue weighted by molar-refractivity contribution is 7.12. The highest BCUT2D eigenvalue weighted by Crippen LogP contribution is 2.20. The molecule has 0 fully saturated rings. The van der Waals surface area contributed by atoms with Gasteiger partial charge in [0.1, 0.15) is 0 Å². The molecule has 1 rings (SSSR count). The van der Waals surface area contributed by atoms with Crippen molar-refractivity contribution in [2.24, 2.45) is 0 Å². The van der Waals surface area contributed by atoms with E-state index in [1.54, 1.807) is 11.3 Å². The quantitative estimate of drug-likeness (QED) is 0.842. The van der Waals surface area contributed by atoms with Gasteiger partial charge in [-0.15, -0.1) is 11.3 Å². The molecule has 106 valence electrons. The third-order valence-electron chi connectivity index (χ3n) is 2.90. The first kappa shape index (κ1) is 15.5. The van der Waals surface area contributed by atoms with Crippen LogP contribution in [0.25, 0.3) is 0 Å². The number of aliphatic carboxylic acids is 1. The van der Waals surface area contributed by atoms with Gasteiger partial charge in [0.25, 0.3) is 0 Å². The van der Waals surface area contributed by atoms with Crippen LogP contribution < -0.4 is 5.32 Å². The number of aryl methyl sites for hydroxylation is 2. The van der Waals surface area contributed by atoms with Crippen LogP contribution in [0.2, 0.25) is 0 Å². The number of carboxylic acids is 1. The fourth-order valence-corrected chi connectivity index (χ4v) is 2.64. The van der Waals surface area contributed by atoms with E-state index in [-0.39, 0.29) is 19.0 Å². The Morgan fingerprint density at radius 3 is 2.58 bits per heavy atom. The Labute approximate surface area is 117 Å². The van der Waals surface area contributed by atoms with Gasteiger partial charge in [-0.3, -0.25) is 4.79 Å². The third kappa shape index (κ3) is 4.90. The molecule has 0 spiro atoms. The number of thiophene rings is 1. The van der Waals surface area contributed by atoms with Crippen LogP contribution in [0.5, 0.6) is 0 Å². The minimum Gasteiger partial charge on any atom is -0.481 e. The molecule has 0 saturated carbocycles. The van der Waals surface area contributed by atoms with E-state index in [1.807, 2.05) is 13.8 Å². The van der Waals surface area contributed by atoms with Gasteiger partial charge in [0.05, 0.1) is 13.0 Å². The Hall–Kier alpha value is -1.56. The van der Waals surface area contributed by atoms with E-state index < -0.39 is 5.97 Å². The molecule has 0 saturated heterocycles. The topological polar surface area (TPSA) is 69.6 Å². The summed E-state index contributed by atoms with van der Waals surface area (Å²) in [7, 11) is 0. The van der Waals surface area contributed by atoms with Gasteiger partial charge in [0.2, 0.25) is 0 Å². The molecule has 1 heterocycles. The van der Waals surface area contributed by atoms with Crippen molar-refractivity contribution in [2.45, 2.75) is 33.7 Å². The summed E-state index contributed by atoms with van der Waals surface area (Å²) in [6.07, 6.45) is -0.0293. The van der Waals surface area contributed by atoms with Gasteiger partial charge in [-0.05, 0) is 32.4 Å². The van der Waals surface area contributed by atoms with Crippen LogP contribution in [0.1, 0.15) is 28.7 Å². The molecule has 0 aliphatic carbocycles. The van der Waals surface area contributed by atoms with Gasteiger partial charge < -0.3 is 15.3 Å². The normalized spacial score (nSPS) is 10.3. The molecule has 0 aromatic carbocycles. The molecule has 0 radical (unpaired) electrons. The van der Waals surface area contributed by atoms with Crippen LogP contribution in [0.4, 0.5) is 4.79 Å². The molecule has 2 amide bonds. The summed E-state index contributed by atoms with van der Waals surface area (Å²) in [6.45, 7) is 7.16. The van der Waals surface area contributed by atoms with Crippen molar-refractivity contribution in [3.05, 3.63) is 21.4 Å². The van der Waals surface area contributed by atoms with Crippen molar-refractivity contribution in [3.63, 3.8) is 0 Å². The molecular formula is C13H20N2O3S. The van der Waals surface area contributed by atoms with Crippen LogP contribution in [0.15, 0.2) is 6.07 Å². The van der Waals surface area contributed by atoms with E-state index >= 15 is 0 Å². The zero-order valence-electron chi connectivity index (χ0n) is 11.5. The maximum Gasteiger partial charge on any atom is 0.317 e. The summed E-state index contributed by atoms with van der Waals surface area (Å²) in [4.78, 5) is 26.2. The minimum atomic E-state index is -0.893. The van der Waals surface area contributed by atoms with Gasteiger partial charge in [0, 0.05) is 22.8 Å². The van der Waals surface area contributed by atoms with Crippen molar-refractivity contribution < 1.29 is 14.7 Å². The fraction of sp³-hybridized carbons (Fsp3) is 0.538. The molecular weight excluding hydrogens is 264 g/mol. The van der Waals surface area contributed by atoms with Crippen molar-refractivity contribution in [2.75, 3.05) is 13.1 Å². The van der Waals surface area contributed by atoms with Crippen LogP contribution in [-0.2, 0) is 11.3 Å². The third-order valence-corrected chi connectivity index (χ3v) is 4.05. The Morgan fingerprint density at radius 2 is 2.11 bits per heavy atom. The highest BCUT2D eigenvalue weighted by atomic mass is 32.1. The van der Waals surface area contributed by atoms with Crippen LogP contribution in [0, 0.1) is 13.8 Å². The number of carbonyl (C=O) groups excluding carboxylic acids is 1. The van der Waals surface area contributed by atoms with Gasteiger partial charge >= 0.3 is 12.0 Å². The van der Waals surface area contributed by atoms with Crippen molar-refractivity contribution in [1.82, 2.24) is 10.2 Å². The van der Waals surface area contributed by atoms with Crippen LogP contribution >= 0.6 is 11.3 Å². The second kappa shape index (κ2) is 7.13. The molecule has 0 bridgehead atoms. The Morgan fingerprint density at radius 1 is 1.42 bits per heavy atom. The molecule has 0 atom stereocenters. The summed E-state index contributed by atoms with van der Waals surface area (Å²) >= 11 is 1.67. The molecule has 2 N–H and O–H groups in total. The second-order valence-electron chi connectivity index (χ2n) is 4.33. The Bertz CT molecular complexity index is 437. The number of nitrogens with zero attached hydrogens (tertiary/aromatic N) is 1. The van der Waals surface area contributed by atoms with Crippen molar-refractivity contribution in [3.8, 4) is 0 Å². The van der Waals surface area contributed by atoms with Crippen molar-refractivity contribution >= 4 is 23.3 Å². The summed E-state index contributed by atoms with van der Waals surface area (Å²) < 4.78 is 0. The Kier molecular flexibility index (Phi) is 5.82. The first-order valence-electron chi connectivity index (χ1n) is 6.24. The lowest BCUT2D eigenvalue weighted by atomic mass is 10.3. The first-order valence-corrected chi connectivity index (χ1v) is 7.06. The molecule has 6 heteroatoms. The molecule has 5 nitrogen and oxygen atoms in total. The molecule has 0 aliphatic rings. The van der Waals surface area contributed by atoms with E-state index in [9.17, 15) is 9.59 Å². The first-order chi connectivity index (χ1) is 8.93. The number of hydrogen-bond acceptors (Lipinski definition) is 3. The lowest BCUT2D eigenvalue weighted by Gasteiger charge is -2.20. The second-order valence-corrected chi connectivity index (χ2v) is 5.67. The SMILES string of the molecule is CCN(CCC(=O)O)C(=O)NCc1cc(C)c(C)s1. The van der Waals surface area contributed by atoms with Gasteiger partial charge in [0.15, 0.2) is 0 Å². The lowest BCUT2D eigenvalue weighted by molar-refractivity contribution is -0.137. The summed E-state index contributed by atoms with van der Waals surface area (Å²) in [5.41, 5.74) is 1.23. The number of nitrogens with one attached hydrogen (secondary N) is 1. The number of amides is 2. The average Bonchev–Trinajstić information content (AvgIpc) is 2.66. The number of urea groups is 1. The van der Waals surface area contributed by atoms with E-state index in [4.69, 9.17) is 5.11 Å². The maximum atomic E-state index is 11.9. The predicted molar refractivity (Wildman–Crippen MR) is 75.5 cm³/mol. The Balaban J connectivity index is 2.46. The summed E-state index contributed by atoms with van der Waals surface area (Å²) in [6, 6.07) is 1.85. The van der Waals surface area contributed by atoms with Crippen molar-refractivity contribution in [1.29, 1.82) is 0 Å². The summed E-state index contributed by atoms with van der Waals surface area (Å²) in [5.74, 6) is -0.893. The van der Waals surface area contributed by atoms with Gasteiger partial charge in [-0.1, -0.05) is 0 Å². The number of rotatable bonds is 6. The largest absolute Gasteiger partial charge is 0.481 e. The van der Waals surface area contributed by atoms with E-state index in [1.165, 1.54) is 15.3 Å². The molecule has 19 heavy (non-hydrogen) atoms. The molecule has 1 aromatic heterocycles. The number of carboxylic acid groups (broad SMARTS) is 1. The van der Waals surface area contributed by atoms with Crippen LogP contribution in [0.3, 0.4) is 0 Å². The monoisotopic (exact) mass is 284 g/mol. The zero-order valence-corrected chi connectivity index (χ0v) is 12.3. The van der Waals surface area contributed by atoms with Crippen LogP contribution in [-0.4, -0.2) is 35.1 Å². The summed E-state index contributed by atoms with van der Waals surface area (Å²) in [5, 5.41) is 11.4.